The predicted octanol–water partition coefficient (Wildman–Crippen LogP) is 5.86. The average molecular weight is 491 g/mol. The molecular formula is C24H25Cl2FN4O2. The maximum Gasteiger partial charge on any atom is 0.359 e. The number of ether oxygens (including phenoxy) is 1. The molecule has 0 aliphatic carbocycles. The second-order valence-electron chi connectivity index (χ2n) is 7.47. The summed E-state index contributed by atoms with van der Waals surface area (Å²) in [6.45, 7) is 5.07. The number of halogens is 3. The fraction of sp³-hybridized carbons (Fsp3) is 0.292. The Morgan fingerprint density at radius 3 is 2.27 bits per heavy atom. The molecule has 9 heteroatoms. The number of esters is 1. The lowest BCUT2D eigenvalue weighted by atomic mass is 10.2. The lowest BCUT2D eigenvalue weighted by Gasteiger charge is -2.22. The maximum absolute atomic E-state index is 14.6. The molecule has 0 aliphatic rings. The molecule has 0 spiro atoms. The van der Waals surface area contributed by atoms with Gasteiger partial charge in [0.05, 0.1) is 5.56 Å². The zero-order chi connectivity index (χ0) is 24.1. The standard InChI is InChI=1S/C24H25Cl2FN4O2/c1-5-31(6-2)23-20(26)21(28-22(29-23)18-12-9-16(25)13-19(18)27)24(32)33-14-15-7-10-17(11-8-15)30(3)4/h7-13H,5-6,14H2,1-4H3. The van der Waals surface area contributed by atoms with Crippen molar-refractivity contribution in [2.24, 2.45) is 0 Å². The van der Waals surface area contributed by atoms with E-state index in [4.69, 9.17) is 27.9 Å². The molecule has 0 radical (unpaired) electrons. The van der Waals surface area contributed by atoms with Crippen LogP contribution in [0.4, 0.5) is 15.9 Å². The van der Waals surface area contributed by atoms with E-state index in [-0.39, 0.29) is 33.7 Å². The van der Waals surface area contributed by atoms with Gasteiger partial charge in [-0.15, -0.1) is 0 Å². The van der Waals surface area contributed by atoms with Gasteiger partial charge in [-0.3, -0.25) is 0 Å². The Hall–Kier alpha value is -2.90. The van der Waals surface area contributed by atoms with Gasteiger partial charge in [0.1, 0.15) is 17.4 Å². The van der Waals surface area contributed by atoms with Crippen molar-refractivity contribution in [3.8, 4) is 11.4 Å². The second kappa shape index (κ2) is 10.8. The molecule has 0 amide bonds. The Morgan fingerprint density at radius 2 is 1.70 bits per heavy atom. The molecule has 1 heterocycles. The van der Waals surface area contributed by atoms with Crippen molar-refractivity contribution in [2.45, 2.75) is 20.5 Å². The van der Waals surface area contributed by atoms with Crippen LogP contribution < -0.4 is 9.80 Å². The number of rotatable bonds is 8. The first-order valence-corrected chi connectivity index (χ1v) is 11.2. The van der Waals surface area contributed by atoms with E-state index in [9.17, 15) is 9.18 Å². The predicted molar refractivity (Wildman–Crippen MR) is 131 cm³/mol. The van der Waals surface area contributed by atoms with Gasteiger partial charge in [-0.1, -0.05) is 35.3 Å². The van der Waals surface area contributed by atoms with Gasteiger partial charge in [0.2, 0.25) is 0 Å². The first-order chi connectivity index (χ1) is 15.7. The van der Waals surface area contributed by atoms with Crippen molar-refractivity contribution in [2.75, 3.05) is 37.0 Å². The summed E-state index contributed by atoms with van der Waals surface area (Å²) in [5, 5.41) is 0.305. The molecule has 0 N–H and O–H groups in total. The number of nitrogens with zero attached hydrogens (tertiary/aromatic N) is 4. The molecule has 0 unspecified atom stereocenters. The van der Waals surface area contributed by atoms with E-state index in [1.54, 1.807) is 0 Å². The minimum absolute atomic E-state index is 0.0257. The summed E-state index contributed by atoms with van der Waals surface area (Å²) in [4.78, 5) is 25.5. The van der Waals surface area contributed by atoms with E-state index in [2.05, 4.69) is 9.97 Å². The summed E-state index contributed by atoms with van der Waals surface area (Å²) in [6.07, 6.45) is 0. The van der Waals surface area contributed by atoms with Crippen LogP contribution in [0.2, 0.25) is 10.0 Å². The third kappa shape index (κ3) is 5.72. The highest BCUT2D eigenvalue weighted by molar-refractivity contribution is 6.35. The lowest BCUT2D eigenvalue weighted by molar-refractivity contribution is 0.0466. The zero-order valence-electron chi connectivity index (χ0n) is 18.9. The molecular weight excluding hydrogens is 466 g/mol. The van der Waals surface area contributed by atoms with Crippen LogP contribution >= 0.6 is 23.2 Å². The minimum Gasteiger partial charge on any atom is -0.456 e. The zero-order valence-corrected chi connectivity index (χ0v) is 20.4. The summed E-state index contributed by atoms with van der Waals surface area (Å²) in [5.74, 6) is -0.959. The van der Waals surface area contributed by atoms with Crippen LogP contribution in [0.25, 0.3) is 11.4 Å². The van der Waals surface area contributed by atoms with Gasteiger partial charge in [-0.05, 0) is 49.7 Å². The van der Waals surface area contributed by atoms with Crippen LogP contribution in [-0.4, -0.2) is 43.1 Å². The van der Waals surface area contributed by atoms with Crippen LogP contribution in [0.15, 0.2) is 42.5 Å². The SMILES string of the molecule is CCN(CC)c1nc(-c2ccc(Cl)cc2F)nc(C(=O)OCc2ccc(N(C)C)cc2)c1Cl. The molecule has 0 fully saturated rings. The number of aromatic nitrogens is 2. The quantitative estimate of drug-likeness (QED) is 0.368. The van der Waals surface area contributed by atoms with E-state index in [1.165, 1.54) is 18.2 Å². The van der Waals surface area contributed by atoms with Crippen LogP contribution in [0.1, 0.15) is 29.9 Å². The van der Waals surface area contributed by atoms with Gasteiger partial charge in [-0.25, -0.2) is 19.2 Å². The van der Waals surface area contributed by atoms with Crippen molar-refractivity contribution < 1.29 is 13.9 Å². The van der Waals surface area contributed by atoms with Gasteiger partial charge >= 0.3 is 5.97 Å². The Labute approximate surface area is 202 Å². The molecule has 0 saturated heterocycles. The third-order valence-electron chi connectivity index (χ3n) is 5.08. The van der Waals surface area contributed by atoms with Crippen LogP contribution in [0.3, 0.4) is 0 Å². The summed E-state index contributed by atoms with van der Waals surface area (Å²) in [5.41, 5.74) is 1.83. The fourth-order valence-electron chi connectivity index (χ4n) is 3.20. The number of carbonyl (C=O) groups is 1. The molecule has 33 heavy (non-hydrogen) atoms. The Kier molecular flexibility index (Phi) is 8.10. The monoisotopic (exact) mass is 490 g/mol. The van der Waals surface area contributed by atoms with Crippen molar-refractivity contribution in [3.63, 3.8) is 0 Å². The Balaban J connectivity index is 1.96. The van der Waals surface area contributed by atoms with E-state index >= 15 is 0 Å². The summed E-state index contributed by atoms with van der Waals surface area (Å²) in [7, 11) is 3.89. The molecule has 0 aliphatic heterocycles. The molecule has 0 bridgehead atoms. The molecule has 6 nitrogen and oxygen atoms in total. The maximum atomic E-state index is 14.6. The second-order valence-corrected chi connectivity index (χ2v) is 8.28. The van der Waals surface area contributed by atoms with E-state index in [0.717, 1.165) is 11.3 Å². The van der Waals surface area contributed by atoms with Gasteiger partial charge < -0.3 is 14.5 Å². The van der Waals surface area contributed by atoms with Crippen LogP contribution in [0.5, 0.6) is 0 Å². The third-order valence-corrected chi connectivity index (χ3v) is 5.67. The largest absolute Gasteiger partial charge is 0.456 e. The highest BCUT2D eigenvalue weighted by Crippen LogP contribution is 2.31. The smallest absolute Gasteiger partial charge is 0.359 e. The van der Waals surface area contributed by atoms with Gasteiger partial charge in [0, 0.05) is 37.9 Å². The topological polar surface area (TPSA) is 58.6 Å². The molecule has 174 valence electrons. The molecule has 0 atom stereocenters. The number of benzene rings is 2. The van der Waals surface area contributed by atoms with Gasteiger partial charge in [0.15, 0.2) is 17.3 Å². The summed E-state index contributed by atoms with van der Waals surface area (Å²) >= 11 is 12.4. The van der Waals surface area contributed by atoms with Crippen molar-refractivity contribution in [1.82, 2.24) is 9.97 Å². The first-order valence-electron chi connectivity index (χ1n) is 10.5. The molecule has 0 saturated carbocycles. The van der Waals surface area contributed by atoms with Crippen molar-refractivity contribution >= 4 is 40.7 Å². The lowest BCUT2D eigenvalue weighted by Crippen LogP contribution is -2.25. The highest BCUT2D eigenvalue weighted by atomic mass is 35.5. The number of carbonyl (C=O) groups excluding carboxylic acids is 1. The first kappa shape index (κ1) is 24.7. The van der Waals surface area contributed by atoms with Gasteiger partial charge in [-0.2, -0.15) is 0 Å². The normalized spacial score (nSPS) is 10.8. The molecule has 1 aromatic heterocycles. The molecule has 3 rings (SSSR count). The average Bonchev–Trinajstić information content (AvgIpc) is 2.79. The number of hydrogen-bond donors (Lipinski definition) is 0. The number of anilines is 2. The Morgan fingerprint density at radius 1 is 1.03 bits per heavy atom. The van der Waals surface area contributed by atoms with E-state index < -0.39 is 11.8 Å². The molecule has 2 aromatic carbocycles. The Bertz CT molecular complexity index is 1140. The number of hydrogen-bond acceptors (Lipinski definition) is 6. The van der Waals surface area contributed by atoms with E-state index in [1.807, 2.05) is 62.0 Å². The highest BCUT2D eigenvalue weighted by Gasteiger charge is 2.24. The summed E-state index contributed by atoms with van der Waals surface area (Å²) in [6, 6.07) is 11.8. The van der Waals surface area contributed by atoms with Crippen molar-refractivity contribution in [3.05, 3.63) is 69.6 Å². The summed E-state index contributed by atoms with van der Waals surface area (Å²) < 4.78 is 20.1. The van der Waals surface area contributed by atoms with Crippen molar-refractivity contribution in [1.29, 1.82) is 0 Å². The van der Waals surface area contributed by atoms with Crippen LogP contribution in [0, 0.1) is 5.82 Å². The molecule has 3 aromatic rings. The van der Waals surface area contributed by atoms with Gasteiger partial charge in [0.25, 0.3) is 0 Å². The fourth-order valence-corrected chi connectivity index (χ4v) is 3.64. The van der Waals surface area contributed by atoms with E-state index in [0.29, 0.717) is 18.9 Å². The van der Waals surface area contributed by atoms with Crippen LogP contribution in [-0.2, 0) is 11.3 Å². The minimum atomic E-state index is -0.719.